The first-order valence-electron chi connectivity index (χ1n) is 6.37. The van der Waals surface area contributed by atoms with Gasteiger partial charge in [0.25, 0.3) is 0 Å². The van der Waals surface area contributed by atoms with E-state index in [0.717, 1.165) is 25.7 Å². The van der Waals surface area contributed by atoms with Gasteiger partial charge in [0.1, 0.15) is 5.82 Å². The Morgan fingerprint density at radius 2 is 2.17 bits per heavy atom. The smallest absolute Gasteiger partial charge is 0.224 e. The number of amides is 1. The number of hydrogen-bond donors (Lipinski definition) is 2. The van der Waals surface area contributed by atoms with E-state index in [2.05, 4.69) is 5.32 Å². The summed E-state index contributed by atoms with van der Waals surface area (Å²) in [6, 6.07) is 5.87. The number of hydrogen-bond acceptors (Lipinski definition) is 2. The zero-order chi connectivity index (χ0) is 13.0. The van der Waals surface area contributed by atoms with E-state index < -0.39 is 6.10 Å². The molecule has 1 fully saturated rings. The van der Waals surface area contributed by atoms with E-state index >= 15 is 0 Å². The van der Waals surface area contributed by atoms with Gasteiger partial charge in [0, 0.05) is 0 Å². The van der Waals surface area contributed by atoms with E-state index in [1.54, 1.807) is 12.1 Å². The van der Waals surface area contributed by atoms with Gasteiger partial charge in [-0.05, 0) is 30.5 Å². The Labute approximate surface area is 106 Å². The summed E-state index contributed by atoms with van der Waals surface area (Å²) in [6.07, 6.45) is 3.30. The zero-order valence-corrected chi connectivity index (χ0v) is 10.2. The van der Waals surface area contributed by atoms with Crippen molar-refractivity contribution < 1.29 is 14.3 Å². The fourth-order valence-corrected chi connectivity index (χ4v) is 2.37. The summed E-state index contributed by atoms with van der Waals surface area (Å²) in [7, 11) is 0. The summed E-state index contributed by atoms with van der Waals surface area (Å²) >= 11 is 0. The molecule has 1 saturated carbocycles. The molecule has 2 atom stereocenters. The number of carbonyl (C=O) groups is 1. The van der Waals surface area contributed by atoms with E-state index in [1.165, 1.54) is 12.1 Å². The van der Waals surface area contributed by atoms with Crippen LogP contribution in [0, 0.1) is 5.82 Å². The lowest BCUT2D eigenvalue weighted by molar-refractivity contribution is -0.122. The lowest BCUT2D eigenvalue weighted by atomic mass is 9.92. The third kappa shape index (κ3) is 3.53. The van der Waals surface area contributed by atoms with Crippen molar-refractivity contribution in [1.29, 1.82) is 0 Å². The molecule has 3 nitrogen and oxygen atoms in total. The van der Waals surface area contributed by atoms with Crippen LogP contribution in [0.1, 0.15) is 31.2 Å². The minimum absolute atomic E-state index is 0.153. The predicted octanol–water partition coefficient (Wildman–Crippen LogP) is 1.79. The average Bonchev–Trinajstić information content (AvgIpc) is 2.32. The lowest BCUT2D eigenvalue weighted by Gasteiger charge is -2.28. The molecule has 0 saturated heterocycles. The molecule has 0 aromatic heterocycles. The second-order valence-corrected chi connectivity index (χ2v) is 4.83. The van der Waals surface area contributed by atoms with Crippen LogP contribution in [0.15, 0.2) is 24.3 Å². The first kappa shape index (κ1) is 13.0. The molecule has 1 amide bonds. The Balaban J connectivity index is 1.88. The lowest BCUT2D eigenvalue weighted by Crippen LogP contribution is -2.45. The maximum Gasteiger partial charge on any atom is 0.224 e. The van der Waals surface area contributed by atoms with Crippen molar-refractivity contribution in [2.75, 3.05) is 0 Å². The molecule has 0 radical (unpaired) electrons. The van der Waals surface area contributed by atoms with Crippen molar-refractivity contribution >= 4 is 5.91 Å². The Kier molecular flexibility index (Phi) is 4.31. The van der Waals surface area contributed by atoms with E-state index in [9.17, 15) is 14.3 Å². The van der Waals surface area contributed by atoms with Gasteiger partial charge in [-0.1, -0.05) is 25.0 Å². The number of halogens is 1. The fraction of sp³-hybridized carbons (Fsp3) is 0.500. The normalized spacial score (nSPS) is 23.7. The number of benzene rings is 1. The van der Waals surface area contributed by atoms with Crippen molar-refractivity contribution in [3.63, 3.8) is 0 Å². The van der Waals surface area contributed by atoms with Crippen molar-refractivity contribution in [2.45, 2.75) is 44.2 Å². The van der Waals surface area contributed by atoms with E-state index in [4.69, 9.17) is 0 Å². The standard InChI is InChI=1S/C14H18FNO2/c15-11-5-3-4-10(8-11)9-14(18)16-12-6-1-2-7-13(12)17/h3-5,8,12-13,17H,1-2,6-7,9H2,(H,16,18)/t12-,13-/m1/s1. The molecule has 4 heteroatoms. The molecular formula is C14H18FNO2. The number of aliphatic hydroxyl groups is 1. The molecule has 0 spiro atoms. The third-order valence-electron chi connectivity index (χ3n) is 3.33. The molecule has 1 aliphatic carbocycles. The van der Waals surface area contributed by atoms with Crippen LogP contribution >= 0.6 is 0 Å². The Hall–Kier alpha value is -1.42. The quantitative estimate of drug-likeness (QED) is 0.860. The maximum absolute atomic E-state index is 13.0. The van der Waals surface area contributed by atoms with Crippen LogP contribution in [0.3, 0.4) is 0 Å². The van der Waals surface area contributed by atoms with Crippen LogP contribution < -0.4 is 5.32 Å². The molecule has 2 rings (SSSR count). The number of nitrogens with one attached hydrogen (secondary N) is 1. The first-order valence-corrected chi connectivity index (χ1v) is 6.37. The van der Waals surface area contributed by atoms with Crippen LogP contribution in [-0.4, -0.2) is 23.2 Å². The molecule has 1 aromatic carbocycles. The molecule has 0 unspecified atom stereocenters. The Morgan fingerprint density at radius 1 is 1.39 bits per heavy atom. The Bertz CT molecular complexity index is 422. The van der Waals surface area contributed by atoms with Gasteiger partial charge in [0.05, 0.1) is 18.6 Å². The largest absolute Gasteiger partial charge is 0.391 e. The van der Waals surface area contributed by atoms with E-state index in [1.807, 2.05) is 0 Å². The van der Waals surface area contributed by atoms with Gasteiger partial charge in [-0.25, -0.2) is 4.39 Å². The summed E-state index contributed by atoms with van der Waals surface area (Å²) in [5, 5.41) is 12.6. The molecule has 98 valence electrons. The Morgan fingerprint density at radius 3 is 2.89 bits per heavy atom. The van der Waals surface area contributed by atoms with Gasteiger partial charge in [0.15, 0.2) is 0 Å². The minimum Gasteiger partial charge on any atom is -0.391 e. The van der Waals surface area contributed by atoms with Crippen molar-refractivity contribution in [3.8, 4) is 0 Å². The minimum atomic E-state index is -0.449. The number of carbonyl (C=O) groups excluding carboxylic acids is 1. The average molecular weight is 251 g/mol. The highest BCUT2D eigenvalue weighted by molar-refractivity contribution is 5.78. The molecule has 0 heterocycles. The van der Waals surface area contributed by atoms with E-state index in [0.29, 0.717) is 5.56 Å². The maximum atomic E-state index is 13.0. The van der Waals surface area contributed by atoms with Crippen LogP contribution in [0.4, 0.5) is 4.39 Å². The number of aliphatic hydroxyl groups excluding tert-OH is 1. The SMILES string of the molecule is O=C(Cc1cccc(F)c1)N[C@@H]1CCCC[C@H]1O. The summed E-state index contributed by atoms with van der Waals surface area (Å²) in [6.45, 7) is 0. The van der Waals surface area contributed by atoms with Crippen molar-refractivity contribution in [3.05, 3.63) is 35.6 Å². The highest BCUT2D eigenvalue weighted by Crippen LogP contribution is 2.18. The highest BCUT2D eigenvalue weighted by atomic mass is 19.1. The molecule has 1 aliphatic rings. The first-order chi connectivity index (χ1) is 8.65. The molecule has 0 aliphatic heterocycles. The number of rotatable bonds is 3. The van der Waals surface area contributed by atoms with Gasteiger partial charge in [-0.3, -0.25) is 4.79 Å². The molecular weight excluding hydrogens is 233 g/mol. The van der Waals surface area contributed by atoms with Gasteiger partial charge < -0.3 is 10.4 Å². The summed E-state index contributed by atoms with van der Waals surface area (Å²) in [4.78, 5) is 11.8. The van der Waals surface area contributed by atoms with Crippen molar-refractivity contribution in [1.82, 2.24) is 5.32 Å². The second kappa shape index (κ2) is 5.96. The van der Waals surface area contributed by atoms with Crippen LogP contribution in [0.25, 0.3) is 0 Å². The monoisotopic (exact) mass is 251 g/mol. The molecule has 0 bridgehead atoms. The van der Waals surface area contributed by atoms with Crippen LogP contribution in [0.2, 0.25) is 0 Å². The molecule has 2 N–H and O–H groups in total. The highest BCUT2D eigenvalue weighted by Gasteiger charge is 2.24. The van der Waals surface area contributed by atoms with Crippen molar-refractivity contribution in [2.24, 2.45) is 0 Å². The summed E-state index contributed by atoms with van der Waals surface area (Å²) in [5.74, 6) is -0.496. The topological polar surface area (TPSA) is 49.3 Å². The van der Waals surface area contributed by atoms with Gasteiger partial charge in [-0.2, -0.15) is 0 Å². The summed E-state index contributed by atoms with van der Waals surface area (Å²) < 4.78 is 13.0. The second-order valence-electron chi connectivity index (χ2n) is 4.83. The van der Waals surface area contributed by atoms with Crippen LogP contribution in [-0.2, 0) is 11.2 Å². The van der Waals surface area contributed by atoms with E-state index in [-0.39, 0.29) is 24.2 Å². The van der Waals surface area contributed by atoms with Crippen LogP contribution in [0.5, 0.6) is 0 Å². The zero-order valence-electron chi connectivity index (χ0n) is 10.2. The third-order valence-corrected chi connectivity index (χ3v) is 3.33. The molecule has 18 heavy (non-hydrogen) atoms. The van der Waals surface area contributed by atoms with Gasteiger partial charge >= 0.3 is 0 Å². The van der Waals surface area contributed by atoms with Gasteiger partial charge in [-0.15, -0.1) is 0 Å². The van der Waals surface area contributed by atoms with Gasteiger partial charge in [0.2, 0.25) is 5.91 Å². The summed E-state index contributed by atoms with van der Waals surface area (Å²) in [5.41, 5.74) is 0.651. The molecule has 1 aromatic rings. The predicted molar refractivity (Wildman–Crippen MR) is 66.5 cm³/mol. The fourth-order valence-electron chi connectivity index (χ4n) is 2.37.